The molecule has 0 aliphatic heterocycles. The summed E-state index contributed by atoms with van der Waals surface area (Å²) in [6.45, 7) is 0. The fourth-order valence-corrected chi connectivity index (χ4v) is 16.3. The first-order valence-electron chi connectivity index (χ1n) is 26.2. The fourth-order valence-electron chi connectivity index (χ4n) is 16.3. The molecule has 0 unspecified atom stereocenters. The van der Waals surface area contributed by atoms with Crippen LogP contribution in [-0.4, -0.2) is 15.0 Å². The topological polar surface area (TPSA) is 51.8 Å². The number of hydrogen-bond donors (Lipinski definition) is 0. The first-order valence-corrected chi connectivity index (χ1v) is 26.2. The van der Waals surface area contributed by atoms with Crippen molar-refractivity contribution < 1.29 is 4.42 Å². The maximum Gasteiger partial charge on any atom is 0.163 e. The van der Waals surface area contributed by atoms with Gasteiger partial charge in [0.2, 0.25) is 0 Å². The SMILES string of the molecule is c1cc(-c2cccc(-c3cccc4c3oc3ccccc3c3ccccc3c3ccccc43)c2)cc(-c2nc(-c3ccc(C45CC6CC(CC(C6)C4)C5)cc3)nc(C34CC5CC(CC(C5)C3)C4)n2)c1. The van der Waals surface area contributed by atoms with Crippen molar-refractivity contribution in [1.82, 2.24) is 15.0 Å². The zero-order valence-electron chi connectivity index (χ0n) is 39.3. The number of fused-ring (bicyclic) bond motifs is 7. The Bertz CT molecular complexity index is 3530. The quantitative estimate of drug-likeness (QED) is 0.167. The zero-order valence-corrected chi connectivity index (χ0v) is 39.3. The number of hydrogen-bond acceptors (Lipinski definition) is 4. The molecule has 4 nitrogen and oxygen atoms in total. The number of rotatable bonds is 6. The maximum absolute atomic E-state index is 7.17. The van der Waals surface area contributed by atoms with E-state index in [1.54, 1.807) is 5.56 Å². The standard InChI is InChI=1S/C65H57N3O/c1-3-16-55-53(14-1)54-15-2-4-17-56(54)58-20-9-19-52(60(58)69-59-21-6-5-18-57(55)59)49-12-7-10-47(32-49)48-11-8-13-50(33-48)62-66-61(67-63(68-62)65-37-43-29-44(38-65)31-45(30-43)39-65)46-22-24-51(25-23-46)64-34-40-26-41(35-64)28-42(27-40)36-64/h1-25,32-33,40-45H,26-31,34-39H2. The highest BCUT2D eigenvalue weighted by Gasteiger charge is 2.54. The van der Waals surface area contributed by atoms with E-state index in [0.717, 1.165) is 119 Å². The lowest BCUT2D eigenvalue weighted by Gasteiger charge is -2.57. The van der Waals surface area contributed by atoms with E-state index in [4.69, 9.17) is 19.4 Å². The van der Waals surface area contributed by atoms with Crippen LogP contribution in [0.15, 0.2) is 168 Å². The number of benzene rings is 7. The van der Waals surface area contributed by atoms with E-state index in [1.165, 1.54) is 87.8 Å². The van der Waals surface area contributed by atoms with E-state index in [2.05, 4.69) is 164 Å². The molecule has 8 bridgehead atoms. The largest absolute Gasteiger partial charge is 0.455 e. The summed E-state index contributed by atoms with van der Waals surface area (Å²) < 4.78 is 7.17. The van der Waals surface area contributed by atoms with Crippen LogP contribution < -0.4 is 0 Å². The maximum atomic E-state index is 7.17. The van der Waals surface area contributed by atoms with Gasteiger partial charge in [-0.2, -0.15) is 0 Å². The molecule has 0 spiro atoms. The number of para-hydroxylation sites is 2. The summed E-state index contributed by atoms with van der Waals surface area (Å²) in [6.07, 6.45) is 16.4. The van der Waals surface area contributed by atoms with Crippen LogP contribution in [0.5, 0.6) is 0 Å². The van der Waals surface area contributed by atoms with Crippen LogP contribution >= 0.6 is 0 Å². The Hall–Kier alpha value is -6.65. The van der Waals surface area contributed by atoms with Crippen molar-refractivity contribution in [1.29, 1.82) is 0 Å². The van der Waals surface area contributed by atoms with Crippen LogP contribution in [0.3, 0.4) is 0 Å². The van der Waals surface area contributed by atoms with Gasteiger partial charge in [-0.25, -0.2) is 15.0 Å². The molecule has 69 heavy (non-hydrogen) atoms. The minimum absolute atomic E-state index is 0.0455. The molecular weight excluding hydrogens is 839 g/mol. The molecule has 8 aliphatic rings. The van der Waals surface area contributed by atoms with Crippen LogP contribution in [-0.2, 0) is 10.8 Å². The zero-order chi connectivity index (χ0) is 45.3. The van der Waals surface area contributed by atoms with Gasteiger partial charge in [-0.3, -0.25) is 0 Å². The molecule has 8 fully saturated rings. The highest BCUT2D eigenvalue weighted by atomic mass is 16.3. The van der Waals surface area contributed by atoms with Gasteiger partial charge in [0.25, 0.3) is 0 Å². The molecule has 4 heteroatoms. The van der Waals surface area contributed by atoms with Gasteiger partial charge in [0, 0.05) is 32.9 Å². The van der Waals surface area contributed by atoms with Crippen LogP contribution in [0.4, 0.5) is 0 Å². The Kier molecular flexibility index (Phi) is 9.00. The summed E-state index contributed by atoms with van der Waals surface area (Å²) in [6, 6.07) is 60.0. The molecule has 0 amide bonds. The molecule has 17 rings (SSSR count). The highest BCUT2D eigenvalue weighted by molar-refractivity contribution is 6.19. The predicted molar refractivity (Wildman–Crippen MR) is 281 cm³/mol. The molecule has 2 heterocycles. The van der Waals surface area contributed by atoms with Crippen molar-refractivity contribution >= 4 is 43.5 Å². The third-order valence-electron chi connectivity index (χ3n) is 18.4. The fraction of sp³-hybridized carbons (Fsp3) is 0.308. The van der Waals surface area contributed by atoms with Gasteiger partial charge in [0.1, 0.15) is 17.0 Å². The third kappa shape index (κ3) is 6.64. The van der Waals surface area contributed by atoms with Gasteiger partial charge < -0.3 is 4.42 Å². The molecule has 8 saturated carbocycles. The molecule has 0 N–H and O–H groups in total. The monoisotopic (exact) mass is 895 g/mol. The Morgan fingerprint density at radius 3 is 1.38 bits per heavy atom. The van der Waals surface area contributed by atoms with Crippen LogP contribution in [0.2, 0.25) is 0 Å². The van der Waals surface area contributed by atoms with Gasteiger partial charge in [0.15, 0.2) is 11.6 Å². The van der Waals surface area contributed by atoms with E-state index < -0.39 is 0 Å². The summed E-state index contributed by atoms with van der Waals surface area (Å²) in [5.74, 6) is 7.85. The number of aromatic nitrogens is 3. The molecule has 0 atom stereocenters. The molecule has 2 aromatic heterocycles. The summed E-state index contributed by atoms with van der Waals surface area (Å²) in [5.41, 5.74) is 10.3. The van der Waals surface area contributed by atoms with Crippen molar-refractivity contribution in [2.45, 2.75) is 87.9 Å². The average Bonchev–Trinajstić information content (AvgIpc) is 3.43. The molecule has 8 aliphatic carbocycles. The molecule has 9 aromatic rings. The summed E-state index contributed by atoms with van der Waals surface area (Å²) >= 11 is 0. The van der Waals surface area contributed by atoms with E-state index in [1.807, 2.05) is 0 Å². The van der Waals surface area contributed by atoms with Crippen LogP contribution in [0.25, 0.3) is 88.5 Å². The second-order valence-corrected chi connectivity index (χ2v) is 22.8. The molecule has 7 aromatic carbocycles. The van der Waals surface area contributed by atoms with Gasteiger partial charge in [-0.05, 0) is 180 Å². The second kappa shape index (κ2) is 15.4. The van der Waals surface area contributed by atoms with Crippen LogP contribution in [0, 0.1) is 35.5 Å². The lowest BCUT2D eigenvalue weighted by Crippen LogP contribution is -2.49. The van der Waals surface area contributed by atoms with E-state index in [-0.39, 0.29) is 5.41 Å². The minimum Gasteiger partial charge on any atom is -0.455 e. The first-order chi connectivity index (χ1) is 34.0. The lowest BCUT2D eigenvalue weighted by molar-refractivity contribution is -0.00938. The van der Waals surface area contributed by atoms with Crippen molar-refractivity contribution in [2.75, 3.05) is 0 Å². The van der Waals surface area contributed by atoms with Crippen molar-refractivity contribution in [3.05, 3.63) is 175 Å². The van der Waals surface area contributed by atoms with E-state index >= 15 is 0 Å². The Labute approximate surface area is 404 Å². The molecular formula is C65H57N3O. The first kappa shape index (κ1) is 40.3. The minimum atomic E-state index is 0.0455. The Morgan fingerprint density at radius 2 is 0.783 bits per heavy atom. The van der Waals surface area contributed by atoms with Crippen molar-refractivity contribution in [3.8, 4) is 45.0 Å². The molecule has 0 saturated heterocycles. The Balaban J connectivity index is 0.846. The normalized spacial score (nSPS) is 27.4. The summed E-state index contributed by atoms with van der Waals surface area (Å²) in [5, 5.41) is 6.87. The van der Waals surface area contributed by atoms with Gasteiger partial charge in [-0.15, -0.1) is 0 Å². The third-order valence-corrected chi connectivity index (χ3v) is 18.4. The van der Waals surface area contributed by atoms with Gasteiger partial charge in [-0.1, -0.05) is 146 Å². The van der Waals surface area contributed by atoms with E-state index in [9.17, 15) is 0 Å². The average molecular weight is 896 g/mol. The number of nitrogens with zero attached hydrogens (tertiary/aromatic N) is 3. The van der Waals surface area contributed by atoms with Gasteiger partial charge >= 0.3 is 0 Å². The Morgan fingerprint density at radius 1 is 0.348 bits per heavy atom. The summed E-state index contributed by atoms with van der Waals surface area (Å²) in [7, 11) is 0. The molecule has 0 radical (unpaired) electrons. The van der Waals surface area contributed by atoms with Gasteiger partial charge in [0.05, 0.1) is 0 Å². The highest BCUT2D eigenvalue weighted by Crippen LogP contribution is 2.62. The molecule has 338 valence electrons. The van der Waals surface area contributed by atoms with Crippen LogP contribution in [0.1, 0.15) is 88.4 Å². The second-order valence-electron chi connectivity index (χ2n) is 22.8. The van der Waals surface area contributed by atoms with Crippen molar-refractivity contribution in [2.24, 2.45) is 35.5 Å². The van der Waals surface area contributed by atoms with E-state index in [0.29, 0.717) is 5.41 Å². The lowest BCUT2D eigenvalue weighted by atomic mass is 9.48. The van der Waals surface area contributed by atoms with Crippen molar-refractivity contribution in [3.63, 3.8) is 0 Å². The smallest absolute Gasteiger partial charge is 0.163 e. The predicted octanol–water partition coefficient (Wildman–Crippen LogP) is 16.8. The summed E-state index contributed by atoms with van der Waals surface area (Å²) in [4.78, 5) is 16.5.